The maximum absolute atomic E-state index is 5.80. The smallest absolute Gasteiger partial charge is 0.145 e. The van der Waals surface area contributed by atoms with Crippen LogP contribution in [-0.4, -0.2) is 35.3 Å². The lowest BCUT2D eigenvalue weighted by Crippen LogP contribution is -2.16. The lowest BCUT2D eigenvalue weighted by atomic mass is 10.2. The first-order valence-electron chi connectivity index (χ1n) is 5.25. The SMILES string of the molecule is CC(CCCN(C)C)n1ncc(N)c1N. The maximum atomic E-state index is 5.80. The summed E-state index contributed by atoms with van der Waals surface area (Å²) in [5.74, 6) is 0.576. The zero-order valence-corrected chi connectivity index (χ0v) is 9.77. The average molecular weight is 211 g/mol. The fourth-order valence-corrected chi connectivity index (χ4v) is 1.56. The molecule has 86 valence electrons. The molecule has 0 saturated carbocycles. The second-order valence-corrected chi connectivity index (χ2v) is 4.22. The number of aromatic nitrogens is 2. The molecular weight excluding hydrogens is 190 g/mol. The Labute approximate surface area is 91.0 Å². The Balaban J connectivity index is 2.47. The third-order valence-corrected chi connectivity index (χ3v) is 2.51. The Morgan fingerprint density at radius 2 is 2.13 bits per heavy atom. The predicted molar refractivity (Wildman–Crippen MR) is 63.6 cm³/mol. The van der Waals surface area contributed by atoms with Crippen molar-refractivity contribution in [3.63, 3.8) is 0 Å². The van der Waals surface area contributed by atoms with Gasteiger partial charge in [0.2, 0.25) is 0 Å². The molecule has 15 heavy (non-hydrogen) atoms. The molecule has 5 heteroatoms. The maximum Gasteiger partial charge on any atom is 0.145 e. The van der Waals surface area contributed by atoms with Crippen LogP contribution in [0.4, 0.5) is 11.5 Å². The van der Waals surface area contributed by atoms with Gasteiger partial charge in [-0.3, -0.25) is 0 Å². The molecule has 0 amide bonds. The molecule has 0 aromatic carbocycles. The third-order valence-electron chi connectivity index (χ3n) is 2.51. The predicted octanol–water partition coefficient (Wildman–Crippen LogP) is 0.950. The monoisotopic (exact) mass is 211 g/mol. The summed E-state index contributed by atoms with van der Waals surface area (Å²) in [5, 5.41) is 4.17. The minimum atomic E-state index is 0.308. The molecule has 1 unspecified atom stereocenters. The quantitative estimate of drug-likeness (QED) is 0.760. The van der Waals surface area contributed by atoms with E-state index < -0.39 is 0 Å². The van der Waals surface area contributed by atoms with Crippen molar-refractivity contribution >= 4 is 11.5 Å². The van der Waals surface area contributed by atoms with Crippen LogP contribution in [0.2, 0.25) is 0 Å². The van der Waals surface area contributed by atoms with Crippen LogP contribution in [-0.2, 0) is 0 Å². The lowest BCUT2D eigenvalue weighted by Gasteiger charge is -2.15. The highest BCUT2D eigenvalue weighted by Gasteiger charge is 2.10. The summed E-state index contributed by atoms with van der Waals surface area (Å²) in [6.07, 6.45) is 3.80. The molecular formula is C10H21N5. The van der Waals surface area contributed by atoms with Gasteiger partial charge in [0.15, 0.2) is 0 Å². The molecule has 0 aliphatic carbocycles. The van der Waals surface area contributed by atoms with E-state index in [4.69, 9.17) is 11.5 Å². The highest BCUT2D eigenvalue weighted by atomic mass is 15.3. The summed E-state index contributed by atoms with van der Waals surface area (Å²) in [6.45, 7) is 3.19. The van der Waals surface area contributed by atoms with Crippen molar-refractivity contribution in [2.24, 2.45) is 0 Å². The third kappa shape index (κ3) is 3.13. The molecule has 4 N–H and O–H groups in total. The van der Waals surface area contributed by atoms with Gasteiger partial charge in [0, 0.05) is 0 Å². The number of hydrogen-bond donors (Lipinski definition) is 2. The molecule has 1 heterocycles. The normalized spacial score (nSPS) is 13.3. The minimum absolute atomic E-state index is 0.308. The first-order valence-corrected chi connectivity index (χ1v) is 5.25. The van der Waals surface area contributed by atoms with Crippen LogP contribution in [0.25, 0.3) is 0 Å². The summed E-state index contributed by atoms with van der Waals surface area (Å²) in [4.78, 5) is 2.17. The van der Waals surface area contributed by atoms with E-state index in [1.54, 1.807) is 10.9 Å². The van der Waals surface area contributed by atoms with E-state index in [0.717, 1.165) is 19.4 Å². The number of nitrogens with zero attached hydrogens (tertiary/aromatic N) is 3. The number of nitrogens with two attached hydrogens (primary N) is 2. The molecule has 0 fully saturated rings. The van der Waals surface area contributed by atoms with Crippen LogP contribution in [0.1, 0.15) is 25.8 Å². The average Bonchev–Trinajstić information content (AvgIpc) is 2.47. The molecule has 1 rings (SSSR count). The van der Waals surface area contributed by atoms with Gasteiger partial charge < -0.3 is 16.4 Å². The van der Waals surface area contributed by atoms with Gasteiger partial charge in [0.25, 0.3) is 0 Å². The van der Waals surface area contributed by atoms with Gasteiger partial charge >= 0.3 is 0 Å². The number of nitrogen functional groups attached to an aromatic ring is 2. The summed E-state index contributed by atoms with van der Waals surface area (Å²) in [7, 11) is 4.15. The second-order valence-electron chi connectivity index (χ2n) is 4.22. The number of rotatable bonds is 5. The highest BCUT2D eigenvalue weighted by molar-refractivity contribution is 5.57. The van der Waals surface area contributed by atoms with Crippen molar-refractivity contribution < 1.29 is 0 Å². The van der Waals surface area contributed by atoms with Gasteiger partial charge in [-0.1, -0.05) is 0 Å². The van der Waals surface area contributed by atoms with E-state index in [0.29, 0.717) is 17.5 Å². The van der Waals surface area contributed by atoms with E-state index in [1.807, 2.05) is 0 Å². The summed E-state index contributed by atoms with van der Waals surface area (Å²) in [6, 6.07) is 0.308. The van der Waals surface area contributed by atoms with E-state index in [9.17, 15) is 0 Å². The first kappa shape index (κ1) is 11.8. The van der Waals surface area contributed by atoms with Gasteiger partial charge in [-0.05, 0) is 40.4 Å². The number of hydrogen-bond acceptors (Lipinski definition) is 4. The van der Waals surface area contributed by atoms with Crippen LogP contribution in [0, 0.1) is 0 Å². The van der Waals surface area contributed by atoms with Crippen molar-refractivity contribution in [2.75, 3.05) is 32.1 Å². The minimum Gasteiger partial charge on any atom is -0.394 e. The molecule has 0 aliphatic rings. The molecule has 0 radical (unpaired) electrons. The topological polar surface area (TPSA) is 73.1 Å². The Kier molecular flexibility index (Phi) is 3.96. The summed E-state index contributed by atoms with van der Waals surface area (Å²) in [5.41, 5.74) is 12.0. The Hall–Kier alpha value is -1.23. The van der Waals surface area contributed by atoms with Crippen molar-refractivity contribution in [2.45, 2.75) is 25.8 Å². The van der Waals surface area contributed by atoms with Gasteiger partial charge in [0.1, 0.15) is 5.82 Å². The summed E-state index contributed by atoms with van der Waals surface area (Å²) >= 11 is 0. The standard InChI is InChI=1S/C10H21N5/c1-8(5-4-6-14(2)3)15-10(12)9(11)7-13-15/h7-8H,4-6,11-12H2,1-3H3. The van der Waals surface area contributed by atoms with E-state index in [1.165, 1.54) is 0 Å². The van der Waals surface area contributed by atoms with E-state index in [2.05, 4.69) is 31.0 Å². The van der Waals surface area contributed by atoms with E-state index >= 15 is 0 Å². The summed E-state index contributed by atoms with van der Waals surface area (Å²) < 4.78 is 1.80. The van der Waals surface area contributed by atoms with Crippen molar-refractivity contribution in [1.29, 1.82) is 0 Å². The van der Waals surface area contributed by atoms with Crippen molar-refractivity contribution in [3.05, 3.63) is 6.20 Å². The fourth-order valence-electron chi connectivity index (χ4n) is 1.56. The van der Waals surface area contributed by atoms with Crippen molar-refractivity contribution in [1.82, 2.24) is 14.7 Å². The van der Waals surface area contributed by atoms with Crippen LogP contribution < -0.4 is 11.5 Å². The molecule has 5 nitrogen and oxygen atoms in total. The van der Waals surface area contributed by atoms with Gasteiger partial charge in [-0.15, -0.1) is 0 Å². The molecule has 1 atom stereocenters. The van der Waals surface area contributed by atoms with Crippen molar-refractivity contribution in [3.8, 4) is 0 Å². The van der Waals surface area contributed by atoms with Crippen LogP contribution in [0.15, 0.2) is 6.20 Å². The zero-order chi connectivity index (χ0) is 11.4. The lowest BCUT2D eigenvalue weighted by molar-refractivity contribution is 0.363. The zero-order valence-electron chi connectivity index (χ0n) is 9.77. The second kappa shape index (κ2) is 5.02. The fraction of sp³-hybridized carbons (Fsp3) is 0.700. The molecule has 0 bridgehead atoms. The van der Waals surface area contributed by atoms with Crippen LogP contribution in [0.5, 0.6) is 0 Å². The largest absolute Gasteiger partial charge is 0.394 e. The molecule has 1 aromatic heterocycles. The Morgan fingerprint density at radius 3 is 2.60 bits per heavy atom. The number of anilines is 2. The Bertz CT molecular complexity index is 305. The van der Waals surface area contributed by atoms with Crippen LogP contribution in [0.3, 0.4) is 0 Å². The molecule has 1 aromatic rings. The van der Waals surface area contributed by atoms with E-state index in [-0.39, 0.29) is 0 Å². The Morgan fingerprint density at radius 1 is 1.47 bits per heavy atom. The first-order chi connectivity index (χ1) is 7.02. The molecule has 0 aliphatic heterocycles. The molecule has 0 spiro atoms. The van der Waals surface area contributed by atoms with Gasteiger partial charge in [-0.2, -0.15) is 5.10 Å². The van der Waals surface area contributed by atoms with Crippen LogP contribution >= 0.6 is 0 Å². The molecule has 0 saturated heterocycles. The van der Waals surface area contributed by atoms with Gasteiger partial charge in [0.05, 0.1) is 17.9 Å². The van der Waals surface area contributed by atoms with Gasteiger partial charge in [-0.25, -0.2) is 4.68 Å². The highest BCUT2D eigenvalue weighted by Crippen LogP contribution is 2.20.